The van der Waals surface area contributed by atoms with Gasteiger partial charge >= 0.3 is 0 Å². The summed E-state index contributed by atoms with van der Waals surface area (Å²) in [5, 5.41) is 1.65. The second-order valence-electron chi connectivity index (χ2n) is 12.6. The van der Waals surface area contributed by atoms with Crippen LogP contribution in [0.15, 0.2) is 168 Å². The van der Waals surface area contributed by atoms with Gasteiger partial charge in [0.15, 0.2) is 0 Å². The highest BCUT2D eigenvalue weighted by atomic mass is 16.3. The zero-order valence-electron chi connectivity index (χ0n) is 31.1. The van der Waals surface area contributed by atoms with E-state index in [9.17, 15) is 2.74 Å². The first kappa shape index (κ1) is 22.6. The van der Waals surface area contributed by atoms with E-state index >= 15 is 0 Å². The second-order valence-corrected chi connectivity index (χ2v) is 12.6. The number of benzene rings is 7. The first-order valence-corrected chi connectivity index (χ1v) is 15.9. The molecule has 0 N–H and O–H groups in total. The normalized spacial score (nSPS) is 14.6. The summed E-state index contributed by atoms with van der Waals surface area (Å²) in [6.45, 7) is 4.45. The SMILES string of the molecule is [2H]c1c([2H])c([2H])c(N(c2cc(-c3ccccc3)c3c(c2)C(C)(C)c2ccccc2-3)c2cccc3oc4ccc(-c5ccccc5)cc4c23)c([2H])c1[2H]. The maximum Gasteiger partial charge on any atom is 0.137 e. The molecule has 47 heavy (non-hydrogen) atoms. The van der Waals surface area contributed by atoms with E-state index in [1.165, 1.54) is 11.1 Å². The monoisotopic (exact) mass is 608 g/mol. The third-order valence-corrected chi connectivity index (χ3v) is 9.54. The van der Waals surface area contributed by atoms with E-state index in [2.05, 4.69) is 80.6 Å². The minimum Gasteiger partial charge on any atom is -0.456 e. The lowest BCUT2D eigenvalue weighted by molar-refractivity contribution is 0.660. The molecule has 2 nitrogen and oxygen atoms in total. The second kappa shape index (κ2) is 10.6. The molecule has 0 saturated carbocycles. The van der Waals surface area contributed by atoms with E-state index in [-0.39, 0.29) is 23.2 Å². The molecule has 0 aliphatic heterocycles. The molecule has 0 atom stereocenters. The predicted molar refractivity (Wildman–Crippen MR) is 197 cm³/mol. The summed E-state index contributed by atoms with van der Waals surface area (Å²) in [5.74, 6) is 0. The van der Waals surface area contributed by atoms with Gasteiger partial charge < -0.3 is 9.32 Å². The molecule has 0 fully saturated rings. The molecule has 1 aromatic heterocycles. The summed E-state index contributed by atoms with van der Waals surface area (Å²) in [7, 11) is 0. The minimum atomic E-state index is -0.436. The molecule has 0 unspecified atom stereocenters. The van der Waals surface area contributed by atoms with Gasteiger partial charge in [0.25, 0.3) is 0 Å². The van der Waals surface area contributed by atoms with Crippen LogP contribution >= 0.6 is 0 Å². The quantitative estimate of drug-likeness (QED) is 0.193. The number of hydrogen-bond donors (Lipinski definition) is 0. The van der Waals surface area contributed by atoms with Crippen molar-refractivity contribution in [3.63, 3.8) is 0 Å². The molecule has 1 aliphatic rings. The highest BCUT2D eigenvalue weighted by molar-refractivity contribution is 6.14. The van der Waals surface area contributed by atoms with E-state index in [0.717, 1.165) is 44.2 Å². The third-order valence-electron chi connectivity index (χ3n) is 9.54. The molecular weight excluding hydrogens is 571 g/mol. The highest BCUT2D eigenvalue weighted by Crippen LogP contribution is 2.55. The van der Waals surface area contributed by atoms with E-state index in [1.807, 2.05) is 71.6 Å². The van der Waals surface area contributed by atoms with Crippen LogP contribution in [0.5, 0.6) is 0 Å². The van der Waals surface area contributed by atoms with Crippen molar-refractivity contribution >= 4 is 39.0 Å². The maximum absolute atomic E-state index is 9.26. The number of hydrogen-bond acceptors (Lipinski definition) is 2. The van der Waals surface area contributed by atoms with E-state index in [4.69, 9.17) is 8.53 Å². The Morgan fingerprint density at radius 2 is 1.28 bits per heavy atom. The zero-order chi connectivity index (χ0) is 35.9. The molecule has 1 heterocycles. The van der Waals surface area contributed by atoms with Crippen molar-refractivity contribution in [2.45, 2.75) is 19.3 Å². The number of rotatable bonds is 5. The maximum atomic E-state index is 9.26. The molecule has 7 aromatic carbocycles. The topological polar surface area (TPSA) is 16.4 Å². The van der Waals surface area contributed by atoms with Crippen molar-refractivity contribution < 1.29 is 11.3 Å². The fourth-order valence-electron chi connectivity index (χ4n) is 7.32. The first-order valence-electron chi connectivity index (χ1n) is 18.4. The highest BCUT2D eigenvalue weighted by Gasteiger charge is 2.38. The van der Waals surface area contributed by atoms with Crippen LogP contribution in [-0.4, -0.2) is 0 Å². The molecule has 0 bridgehead atoms. The van der Waals surface area contributed by atoms with Crippen LogP contribution in [0.3, 0.4) is 0 Å². The Hall–Kier alpha value is -5.86. The summed E-state index contributed by atoms with van der Waals surface area (Å²) in [6, 6.07) is 43.2. The molecule has 0 radical (unpaired) electrons. The number of anilines is 3. The van der Waals surface area contributed by atoms with Crippen molar-refractivity contribution in [2.75, 3.05) is 4.90 Å². The average Bonchev–Trinajstić information content (AvgIpc) is 3.67. The van der Waals surface area contributed by atoms with Crippen molar-refractivity contribution in [1.29, 1.82) is 0 Å². The summed E-state index contributed by atoms with van der Waals surface area (Å²) in [5.41, 5.74) is 11.0. The van der Waals surface area contributed by atoms with Crippen LogP contribution in [0.25, 0.3) is 55.3 Å². The molecule has 0 amide bonds. The van der Waals surface area contributed by atoms with Crippen LogP contribution in [0.1, 0.15) is 31.8 Å². The van der Waals surface area contributed by atoms with E-state index < -0.39 is 18.1 Å². The Kier molecular flexibility index (Phi) is 5.10. The zero-order valence-corrected chi connectivity index (χ0v) is 26.1. The van der Waals surface area contributed by atoms with Crippen molar-refractivity contribution in [3.05, 3.63) is 175 Å². The van der Waals surface area contributed by atoms with Gasteiger partial charge in [-0.05, 0) is 93.0 Å². The van der Waals surface area contributed by atoms with Crippen LogP contribution in [-0.2, 0) is 5.41 Å². The minimum absolute atomic E-state index is 0.0688. The van der Waals surface area contributed by atoms with Crippen LogP contribution < -0.4 is 4.90 Å². The van der Waals surface area contributed by atoms with Gasteiger partial charge in [-0.1, -0.05) is 129 Å². The lowest BCUT2D eigenvalue weighted by Gasteiger charge is -2.29. The van der Waals surface area contributed by atoms with Gasteiger partial charge in [-0.25, -0.2) is 0 Å². The molecular formula is C45H33NO. The molecule has 8 aromatic rings. The Morgan fingerprint density at radius 1 is 0.553 bits per heavy atom. The van der Waals surface area contributed by atoms with Gasteiger partial charge in [0.2, 0.25) is 0 Å². The van der Waals surface area contributed by atoms with Crippen LogP contribution in [0.2, 0.25) is 0 Å². The van der Waals surface area contributed by atoms with E-state index in [1.54, 1.807) is 0 Å². The third kappa shape index (κ3) is 4.33. The predicted octanol–water partition coefficient (Wildman–Crippen LogP) is 12.7. The largest absolute Gasteiger partial charge is 0.456 e. The van der Waals surface area contributed by atoms with Crippen molar-refractivity contribution in [1.82, 2.24) is 0 Å². The number of para-hydroxylation sites is 1. The van der Waals surface area contributed by atoms with Crippen molar-refractivity contribution in [3.8, 4) is 33.4 Å². The fourth-order valence-corrected chi connectivity index (χ4v) is 7.32. The van der Waals surface area contributed by atoms with Gasteiger partial charge in [0, 0.05) is 22.2 Å². The smallest absolute Gasteiger partial charge is 0.137 e. The molecule has 0 spiro atoms. The van der Waals surface area contributed by atoms with Crippen molar-refractivity contribution in [2.24, 2.45) is 0 Å². The first-order chi connectivity index (χ1) is 25.1. The van der Waals surface area contributed by atoms with Gasteiger partial charge in [-0.3, -0.25) is 0 Å². The van der Waals surface area contributed by atoms with Gasteiger partial charge in [-0.2, -0.15) is 0 Å². The number of furan rings is 1. The fraction of sp³-hybridized carbons (Fsp3) is 0.0667. The average molecular weight is 609 g/mol. The Bertz CT molecular complexity index is 2690. The van der Waals surface area contributed by atoms with Crippen LogP contribution in [0.4, 0.5) is 17.1 Å². The summed E-state index contributed by atoms with van der Waals surface area (Å²) in [6.07, 6.45) is 0. The Morgan fingerprint density at radius 3 is 2.06 bits per heavy atom. The molecule has 1 aliphatic carbocycles. The van der Waals surface area contributed by atoms with Crippen LogP contribution in [0, 0.1) is 0 Å². The molecule has 224 valence electrons. The summed E-state index contributed by atoms with van der Waals surface area (Å²) in [4.78, 5) is 1.85. The number of fused-ring (bicyclic) bond motifs is 6. The Labute approximate surface area is 282 Å². The van der Waals surface area contributed by atoms with E-state index in [0.29, 0.717) is 22.5 Å². The Balaban J connectivity index is 1.41. The lowest BCUT2D eigenvalue weighted by Crippen LogP contribution is -2.17. The standard InChI is InChI=1S/C45H33NO/c1-45(2)38-22-13-12-21-35(38)43-36(31-17-8-4-9-18-31)28-34(29-39(43)45)46(33-19-10-5-11-20-33)40-23-14-24-42-44(40)37-27-32(25-26-41(37)47-42)30-15-6-3-7-16-30/h3-29H,1-2H3/i5D,10D,11D,19D,20D. The van der Waals surface area contributed by atoms with Gasteiger partial charge in [-0.15, -0.1) is 0 Å². The molecule has 0 saturated heterocycles. The number of nitrogens with zero attached hydrogens (tertiary/aromatic N) is 1. The molecule has 2 heteroatoms. The molecule has 9 rings (SSSR count). The summed E-state index contributed by atoms with van der Waals surface area (Å²) < 4.78 is 50.9. The van der Waals surface area contributed by atoms with Gasteiger partial charge in [0.1, 0.15) is 11.2 Å². The van der Waals surface area contributed by atoms with Gasteiger partial charge in [0.05, 0.1) is 17.9 Å². The summed E-state index contributed by atoms with van der Waals surface area (Å²) >= 11 is 0. The lowest BCUT2D eigenvalue weighted by atomic mass is 9.81.